The smallest absolute Gasteiger partial charge is 0.142 e. The molecule has 1 unspecified atom stereocenters. The molecule has 0 radical (unpaired) electrons. The molecule has 2 nitrogen and oxygen atoms in total. The van der Waals surface area contributed by atoms with Crippen molar-refractivity contribution in [1.29, 1.82) is 5.26 Å². The van der Waals surface area contributed by atoms with Crippen LogP contribution in [0.15, 0.2) is 12.1 Å². The van der Waals surface area contributed by atoms with Crippen molar-refractivity contribution in [3.63, 3.8) is 0 Å². The average Bonchev–Trinajstić information content (AvgIpc) is 2.22. The Bertz CT molecular complexity index is 492. The summed E-state index contributed by atoms with van der Waals surface area (Å²) in [6.07, 6.45) is 0. The Hall–Kier alpha value is -0.820. The minimum atomic E-state index is -1.58. The lowest BCUT2D eigenvalue weighted by Crippen LogP contribution is -2.38. The Morgan fingerprint density at radius 3 is 2.24 bits per heavy atom. The van der Waals surface area contributed by atoms with Gasteiger partial charge in [0.2, 0.25) is 0 Å². The average molecular weight is 276 g/mol. The first-order chi connectivity index (χ1) is 7.63. The second-order valence-electron chi connectivity index (χ2n) is 4.56. The standard InChI is InChI=1S/C12H12Cl2FNO/c1-11(2,6-16)12(3,17)7-4-10(15)9(14)5-8(7)13/h4-5,17H,1-3H3. The molecule has 0 aromatic heterocycles. The maximum Gasteiger partial charge on any atom is 0.142 e. The van der Waals surface area contributed by atoms with Crippen molar-refractivity contribution in [3.8, 4) is 6.07 Å². The van der Waals surface area contributed by atoms with E-state index in [1.807, 2.05) is 6.07 Å². The minimum Gasteiger partial charge on any atom is -0.384 e. The van der Waals surface area contributed by atoms with E-state index < -0.39 is 16.8 Å². The molecule has 92 valence electrons. The van der Waals surface area contributed by atoms with Gasteiger partial charge in [-0.1, -0.05) is 23.2 Å². The number of aliphatic hydroxyl groups is 1. The Morgan fingerprint density at radius 1 is 1.24 bits per heavy atom. The molecule has 17 heavy (non-hydrogen) atoms. The molecular weight excluding hydrogens is 264 g/mol. The molecule has 0 bridgehead atoms. The summed E-state index contributed by atoms with van der Waals surface area (Å²) in [5.41, 5.74) is -2.55. The number of hydrogen-bond donors (Lipinski definition) is 1. The zero-order valence-electron chi connectivity index (χ0n) is 9.68. The molecule has 1 N–H and O–H groups in total. The van der Waals surface area contributed by atoms with Crippen LogP contribution in [-0.2, 0) is 5.60 Å². The van der Waals surface area contributed by atoms with Crippen LogP contribution in [-0.4, -0.2) is 5.11 Å². The summed E-state index contributed by atoms with van der Waals surface area (Å²) in [5.74, 6) is -0.680. The summed E-state index contributed by atoms with van der Waals surface area (Å²) in [6, 6.07) is 4.25. The van der Waals surface area contributed by atoms with Gasteiger partial charge in [0.1, 0.15) is 11.4 Å². The molecule has 0 aliphatic carbocycles. The third-order valence-electron chi connectivity index (χ3n) is 3.03. The highest BCUT2D eigenvalue weighted by Crippen LogP contribution is 2.42. The molecule has 5 heteroatoms. The van der Waals surface area contributed by atoms with E-state index in [0.717, 1.165) is 6.07 Å². The summed E-state index contributed by atoms with van der Waals surface area (Å²) in [7, 11) is 0. The van der Waals surface area contributed by atoms with Gasteiger partial charge in [-0.2, -0.15) is 5.26 Å². The van der Waals surface area contributed by atoms with E-state index in [1.54, 1.807) is 13.8 Å². The summed E-state index contributed by atoms with van der Waals surface area (Å²) in [6.45, 7) is 4.52. The highest BCUT2D eigenvalue weighted by atomic mass is 35.5. The van der Waals surface area contributed by atoms with Crippen molar-refractivity contribution in [1.82, 2.24) is 0 Å². The van der Waals surface area contributed by atoms with Crippen LogP contribution >= 0.6 is 23.2 Å². The van der Waals surface area contributed by atoms with E-state index in [2.05, 4.69) is 0 Å². The number of halogens is 3. The van der Waals surface area contributed by atoms with Gasteiger partial charge in [-0.05, 0) is 32.9 Å². The second-order valence-corrected chi connectivity index (χ2v) is 5.37. The fraction of sp³-hybridized carbons (Fsp3) is 0.417. The van der Waals surface area contributed by atoms with Crippen molar-refractivity contribution in [2.24, 2.45) is 5.41 Å². The third-order valence-corrected chi connectivity index (χ3v) is 3.63. The van der Waals surface area contributed by atoms with Gasteiger partial charge in [0.05, 0.1) is 16.5 Å². The molecule has 0 aliphatic heterocycles. The summed E-state index contributed by atoms with van der Waals surface area (Å²) in [5, 5.41) is 19.4. The molecule has 0 aliphatic rings. The van der Waals surface area contributed by atoms with E-state index >= 15 is 0 Å². The lowest BCUT2D eigenvalue weighted by atomic mass is 9.73. The largest absolute Gasteiger partial charge is 0.384 e. The monoisotopic (exact) mass is 275 g/mol. The Balaban J connectivity index is 3.45. The normalized spacial score (nSPS) is 15.2. The van der Waals surface area contributed by atoms with Gasteiger partial charge in [0.15, 0.2) is 0 Å². The first-order valence-electron chi connectivity index (χ1n) is 4.92. The van der Waals surface area contributed by atoms with E-state index in [-0.39, 0.29) is 15.6 Å². The fourth-order valence-corrected chi connectivity index (χ4v) is 1.91. The molecule has 0 heterocycles. The van der Waals surface area contributed by atoms with E-state index in [1.165, 1.54) is 13.0 Å². The van der Waals surface area contributed by atoms with Crippen molar-refractivity contribution in [3.05, 3.63) is 33.6 Å². The van der Waals surface area contributed by atoms with Crippen LogP contribution in [0.5, 0.6) is 0 Å². The van der Waals surface area contributed by atoms with E-state index in [0.29, 0.717) is 0 Å². The van der Waals surface area contributed by atoms with Gasteiger partial charge < -0.3 is 5.11 Å². The lowest BCUT2D eigenvalue weighted by molar-refractivity contribution is -0.0268. The maximum absolute atomic E-state index is 13.4. The molecule has 0 spiro atoms. The third kappa shape index (κ3) is 2.40. The van der Waals surface area contributed by atoms with Crippen LogP contribution in [0, 0.1) is 22.6 Å². The number of hydrogen-bond acceptors (Lipinski definition) is 2. The Morgan fingerprint density at radius 2 is 1.76 bits per heavy atom. The zero-order valence-corrected chi connectivity index (χ0v) is 11.2. The van der Waals surface area contributed by atoms with Crippen molar-refractivity contribution in [2.45, 2.75) is 26.4 Å². The summed E-state index contributed by atoms with van der Waals surface area (Å²) < 4.78 is 13.4. The second kappa shape index (κ2) is 4.45. The molecule has 0 saturated heterocycles. The first-order valence-corrected chi connectivity index (χ1v) is 5.67. The number of benzene rings is 1. The van der Waals surface area contributed by atoms with Gasteiger partial charge in [-0.25, -0.2) is 4.39 Å². The molecule has 0 saturated carbocycles. The molecule has 1 aromatic rings. The Labute approximate surface area is 110 Å². The van der Waals surface area contributed by atoms with Gasteiger partial charge in [0.25, 0.3) is 0 Å². The van der Waals surface area contributed by atoms with Crippen molar-refractivity contribution < 1.29 is 9.50 Å². The summed E-state index contributed by atoms with van der Waals surface area (Å²) in [4.78, 5) is 0. The summed E-state index contributed by atoms with van der Waals surface area (Å²) >= 11 is 11.5. The highest BCUT2D eigenvalue weighted by Gasteiger charge is 2.42. The van der Waals surface area contributed by atoms with Crippen LogP contribution in [0.25, 0.3) is 0 Å². The minimum absolute atomic E-state index is 0.121. The molecule has 1 atom stereocenters. The van der Waals surface area contributed by atoms with Crippen LogP contribution in [0.4, 0.5) is 4.39 Å². The van der Waals surface area contributed by atoms with Crippen LogP contribution in [0.2, 0.25) is 10.0 Å². The van der Waals surface area contributed by atoms with Crippen LogP contribution in [0.3, 0.4) is 0 Å². The molecule has 1 aromatic carbocycles. The Kier molecular flexibility index (Phi) is 3.73. The first kappa shape index (κ1) is 14.2. The predicted molar refractivity (Wildman–Crippen MR) is 65.4 cm³/mol. The van der Waals surface area contributed by atoms with Crippen LogP contribution in [0.1, 0.15) is 26.3 Å². The van der Waals surface area contributed by atoms with Gasteiger partial charge in [-0.15, -0.1) is 0 Å². The molecule has 1 rings (SSSR count). The van der Waals surface area contributed by atoms with Crippen molar-refractivity contribution in [2.75, 3.05) is 0 Å². The van der Waals surface area contributed by atoms with E-state index in [9.17, 15) is 9.50 Å². The lowest BCUT2D eigenvalue weighted by Gasteiger charge is -2.35. The quantitative estimate of drug-likeness (QED) is 0.833. The van der Waals surface area contributed by atoms with Crippen LogP contribution < -0.4 is 0 Å². The fourth-order valence-electron chi connectivity index (χ4n) is 1.34. The number of nitrogens with zero attached hydrogens (tertiary/aromatic N) is 1. The molecular formula is C12H12Cl2FNO. The van der Waals surface area contributed by atoms with Gasteiger partial charge in [-0.3, -0.25) is 0 Å². The molecule has 0 amide bonds. The van der Waals surface area contributed by atoms with Gasteiger partial charge in [0, 0.05) is 10.6 Å². The maximum atomic E-state index is 13.4. The SMILES string of the molecule is CC(C)(C#N)C(C)(O)c1cc(F)c(Cl)cc1Cl. The number of rotatable bonds is 2. The van der Waals surface area contributed by atoms with E-state index in [4.69, 9.17) is 28.5 Å². The number of nitriles is 1. The van der Waals surface area contributed by atoms with Gasteiger partial charge >= 0.3 is 0 Å². The zero-order chi connectivity index (χ0) is 13.4. The topological polar surface area (TPSA) is 44.0 Å². The molecule has 0 fully saturated rings. The predicted octanol–water partition coefficient (Wildman–Crippen LogP) is 3.89. The highest BCUT2D eigenvalue weighted by molar-refractivity contribution is 6.35. The van der Waals surface area contributed by atoms with Crippen molar-refractivity contribution >= 4 is 23.2 Å².